The molecule has 0 fully saturated rings. The van der Waals surface area contributed by atoms with Crippen LogP contribution in [0.15, 0.2) is 28.7 Å². The van der Waals surface area contributed by atoms with Crippen LogP contribution in [0.1, 0.15) is 38.7 Å². The van der Waals surface area contributed by atoms with E-state index in [4.69, 9.17) is 0 Å². The van der Waals surface area contributed by atoms with Gasteiger partial charge in [-0.2, -0.15) is 0 Å². The van der Waals surface area contributed by atoms with Crippen LogP contribution in [0.5, 0.6) is 0 Å². The Labute approximate surface area is 119 Å². The van der Waals surface area contributed by atoms with E-state index in [0.717, 1.165) is 30.3 Å². The molecule has 1 atom stereocenters. The fourth-order valence-electron chi connectivity index (χ4n) is 1.90. The molecule has 1 nitrogen and oxygen atoms in total. The largest absolute Gasteiger partial charge is 0.314 e. The molecule has 1 aromatic rings. The van der Waals surface area contributed by atoms with Crippen molar-refractivity contribution in [2.45, 2.75) is 45.6 Å². The van der Waals surface area contributed by atoms with Gasteiger partial charge in [0, 0.05) is 16.9 Å². The predicted molar refractivity (Wildman–Crippen MR) is 82.6 cm³/mol. The molecule has 0 bridgehead atoms. The SMILES string of the molecule is CC#CCCC(Cc1ccc(Br)cc1)NCCC. The van der Waals surface area contributed by atoms with E-state index in [1.54, 1.807) is 0 Å². The molecule has 1 unspecified atom stereocenters. The van der Waals surface area contributed by atoms with Crippen LogP contribution in [0.2, 0.25) is 0 Å². The van der Waals surface area contributed by atoms with Gasteiger partial charge < -0.3 is 5.32 Å². The molecule has 18 heavy (non-hydrogen) atoms. The molecule has 0 radical (unpaired) electrons. The van der Waals surface area contributed by atoms with Crippen molar-refractivity contribution in [1.29, 1.82) is 0 Å². The zero-order chi connectivity index (χ0) is 13.2. The van der Waals surface area contributed by atoms with Crippen molar-refractivity contribution in [1.82, 2.24) is 5.32 Å². The summed E-state index contributed by atoms with van der Waals surface area (Å²) in [6, 6.07) is 9.13. The van der Waals surface area contributed by atoms with Gasteiger partial charge in [0.25, 0.3) is 0 Å². The van der Waals surface area contributed by atoms with E-state index in [9.17, 15) is 0 Å². The fraction of sp³-hybridized carbons (Fsp3) is 0.500. The summed E-state index contributed by atoms with van der Waals surface area (Å²) < 4.78 is 1.14. The Morgan fingerprint density at radius 2 is 2.00 bits per heavy atom. The third-order valence-electron chi connectivity index (χ3n) is 2.87. The highest BCUT2D eigenvalue weighted by Gasteiger charge is 2.07. The first-order valence-electron chi connectivity index (χ1n) is 6.63. The summed E-state index contributed by atoms with van der Waals surface area (Å²) in [5.74, 6) is 6.12. The van der Waals surface area contributed by atoms with Crippen LogP contribution < -0.4 is 5.32 Å². The third-order valence-corrected chi connectivity index (χ3v) is 3.40. The van der Waals surface area contributed by atoms with E-state index in [1.165, 1.54) is 12.0 Å². The van der Waals surface area contributed by atoms with E-state index in [1.807, 2.05) is 6.92 Å². The first kappa shape index (κ1) is 15.3. The Hall–Kier alpha value is -0.780. The number of halogens is 1. The summed E-state index contributed by atoms with van der Waals surface area (Å²) in [7, 11) is 0. The van der Waals surface area contributed by atoms with E-state index >= 15 is 0 Å². The minimum absolute atomic E-state index is 0.534. The quantitative estimate of drug-likeness (QED) is 0.746. The van der Waals surface area contributed by atoms with Crippen LogP contribution >= 0.6 is 15.9 Å². The monoisotopic (exact) mass is 307 g/mol. The molecule has 0 spiro atoms. The molecule has 0 saturated carbocycles. The van der Waals surface area contributed by atoms with Crippen molar-refractivity contribution in [3.63, 3.8) is 0 Å². The molecule has 0 aliphatic rings. The van der Waals surface area contributed by atoms with Gasteiger partial charge in [-0.3, -0.25) is 0 Å². The zero-order valence-electron chi connectivity index (χ0n) is 11.3. The van der Waals surface area contributed by atoms with E-state index in [-0.39, 0.29) is 0 Å². The standard InChI is InChI=1S/C16H22BrN/c1-3-5-6-7-16(18-12-4-2)13-14-8-10-15(17)11-9-14/h8-11,16,18H,4,6-7,12-13H2,1-2H3. The summed E-state index contributed by atoms with van der Waals surface area (Å²) in [6.07, 6.45) is 4.36. The van der Waals surface area contributed by atoms with Gasteiger partial charge in [0.15, 0.2) is 0 Å². The maximum absolute atomic E-state index is 3.61. The first-order chi connectivity index (χ1) is 8.76. The van der Waals surface area contributed by atoms with Gasteiger partial charge in [-0.05, 0) is 50.4 Å². The van der Waals surface area contributed by atoms with Crippen molar-refractivity contribution >= 4 is 15.9 Å². The Kier molecular flexibility index (Phi) is 7.80. The number of nitrogens with one attached hydrogen (secondary N) is 1. The van der Waals surface area contributed by atoms with Gasteiger partial charge in [0.05, 0.1) is 0 Å². The highest BCUT2D eigenvalue weighted by molar-refractivity contribution is 9.10. The lowest BCUT2D eigenvalue weighted by atomic mass is 10.0. The predicted octanol–water partition coefficient (Wildman–Crippen LogP) is 4.16. The van der Waals surface area contributed by atoms with Crippen molar-refractivity contribution in [3.05, 3.63) is 34.3 Å². The molecule has 0 amide bonds. The second-order valence-corrected chi connectivity index (χ2v) is 5.36. The Morgan fingerprint density at radius 3 is 2.61 bits per heavy atom. The molecule has 0 aliphatic carbocycles. The Balaban J connectivity index is 2.52. The minimum atomic E-state index is 0.534. The lowest BCUT2D eigenvalue weighted by Gasteiger charge is -2.17. The van der Waals surface area contributed by atoms with E-state index in [2.05, 4.69) is 64.3 Å². The lowest BCUT2D eigenvalue weighted by molar-refractivity contribution is 0.483. The number of rotatable bonds is 7. The molecule has 1 aromatic carbocycles. The highest BCUT2D eigenvalue weighted by Crippen LogP contribution is 2.13. The molecule has 0 saturated heterocycles. The Bertz CT molecular complexity index is 386. The van der Waals surface area contributed by atoms with Crippen LogP contribution in [0.3, 0.4) is 0 Å². The molecule has 1 rings (SSSR count). The van der Waals surface area contributed by atoms with Crippen molar-refractivity contribution in [2.75, 3.05) is 6.54 Å². The molecular weight excluding hydrogens is 286 g/mol. The van der Waals surface area contributed by atoms with Crippen LogP contribution in [0.4, 0.5) is 0 Å². The summed E-state index contributed by atoms with van der Waals surface area (Å²) in [4.78, 5) is 0. The number of hydrogen-bond donors (Lipinski definition) is 1. The summed E-state index contributed by atoms with van der Waals surface area (Å²) in [5, 5.41) is 3.61. The third kappa shape index (κ3) is 6.23. The normalized spacial score (nSPS) is 11.7. The van der Waals surface area contributed by atoms with Crippen LogP contribution in [0, 0.1) is 11.8 Å². The molecule has 0 aliphatic heterocycles. The molecule has 1 N–H and O–H groups in total. The smallest absolute Gasteiger partial charge is 0.0175 e. The summed E-state index contributed by atoms with van der Waals surface area (Å²) in [6.45, 7) is 5.19. The number of hydrogen-bond acceptors (Lipinski definition) is 1. The second kappa shape index (κ2) is 9.19. The molecule has 0 heterocycles. The van der Waals surface area contributed by atoms with Gasteiger partial charge in [-0.25, -0.2) is 0 Å². The van der Waals surface area contributed by atoms with Crippen molar-refractivity contribution in [2.24, 2.45) is 0 Å². The fourth-order valence-corrected chi connectivity index (χ4v) is 2.17. The molecule has 0 aromatic heterocycles. The van der Waals surface area contributed by atoms with Gasteiger partial charge in [-0.1, -0.05) is 35.0 Å². The maximum atomic E-state index is 3.61. The van der Waals surface area contributed by atoms with Crippen LogP contribution in [-0.4, -0.2) is 12.6 Å². The molecular formula is C16H22BrN. The summed E-state index contributed by atoms with van der Waals surface area (Å²) >= 11 is 3.47. The van der Waals surface area contributed by atoms with Crippen molar-refractivity contribution in [3.8, 4) is 11.8 Å². The van der Waals surface area contributed by atoms with Gasteiger partial charge >= 0.3 is 0 Å². The maximum Gasteiger partial charge on any atom is 0.0175 e. The second-order valence-electron chi connectivity index (χ2n) is 4.45. The molecule has 98 valence electrons. The average molecular weight is 308 g/mol. The topological polar surface area (TPSA) is 12.0 Å². The van der Waals surface area contributed by atoms with Gasteiger partial charge in [0.2, 0.25) is 0 Å². The van der Waals surface area contributed by atoms with Gasteiger partial charge in [0.1, 0.15) is 0 Å². The first-order valence-corrected chi connectivity index (χ1v) is 7.43. The van der Waals surface area contributed by atoms with E-state index in [0.29, 0.717) is 6.04 Å². The average Bonchev–Trinajstić information content (AvgIpc) is 2.38. The lowest BCUT2D eigenvalue weighted by Crippen LogP contribution is -2.31. The van der Waals surface area contributed by atoms with Crippen LogP contribution in [0.25, 0.3) is 0 Å². The number of benzene rings is 1. The van der Waals surface area contributed by atoms with Gasteiger partial charge in [-0.15, -0.1) is 11.8 Å². The van der Waals surface area contributed by atoms with Crippen molar-refractivity contribution < 1.29 is 0 Å². The zero-order valence-corrected chi connectivity index (χ0v) is 12.9. The van der Waals surface area contributed by atoms with Crippen LogP contribution in [-0.2, 0) is 6.42 Å². The van der Waals surface area contributed by atoms with E-state index < -0.39 is 0 Å². The summed E-state index contributed by atoms with van der Waals surface area (Å²) in [5.41, 5.74) is 1.39. The molecule has 2 heteroatoms. The highest BCUT2D eigenvalue weighted by atomic mass is 79.9. The Morgan fingerprint density at radius 1 is 1.28 bits per heavy atom. The minimum Gasteiger partial charge on any atom is -0.314 e.